The molecule has 7 nitrogen and oxygen atoms in total. The molecule has 0 saturated heterocycles. The first-order valence-electron chi connectivity index (χ1n) is 9.99. The molecule has 0 aromatic heterocycles. The summed E-state index contributed by atoms with van der Waals surface area (Å²) in [6, 6.07) is 10.1. The highest BCUT2D eigenvalue weighted by Crippen LogP contribution is 2.51. The number of allylic oxidation sites excluding steroid dienone is 3. The van der Waals surface area contributed by atoms with Crippen LogP contribution >= 0.6 is 0 Å². The molecule has 0 fully saturated rings. The molecule has 2 aromatic rings. The summed E-state index contributed by atoms with van der Waals surface area (Å²) in [5, 5.41) is 23.3. The predicted molar refractivity (Wildman–Crippen MR) is 123 cm³/mol. The van der Waals surface area contributed by atoms with Crippen molar-refractivity contribution in [2.45, 2.75) is 45.4 Å². The fourth-order valence-corrected chi connectivity index (χ4v) is 4.68. The number of aryl methyl sites for hydroxylation is 1. The highest BCUT2D eigenvalue weighted by atomic mass is 16.6. The molecule has 7 heteroatoms. The molecule has 0 spiro atoms. The van der Waals surface area contributed by atoms with Gasteiger partial charge in [-0.3, -0.25) is 20.2 Å². The smallest absolute Gasteiger partial charge is 0.275 e. The Balaban J connectivity index is 2.15. The van der Waals surface area contributed by atoms with Crippen molar-refractivity contribution < 1.29 is 9.85 Å². The summed E-state index contributed by atoms with van der Waals surface area (Å²) < 4.78 is 0. The average Bonchev–Trinajstić information content (AvgIpc) is 2.88. The molecule has 0 saturated carbocycles. The molecule has 1 aliphatic rings. The van der Waals surface area contributed by atoms with Crippen molar-refractivity contribution in [2.75, 3.05) is 11.9 Å². The van der Waals surface area contributed by atoms with Gasteiger partial charge in [0.05, 0.1) is 21.1 Å². The molecule has 0 aliphatic carbocycles. The van der Waals surface area contributed by atoms with Crippen LogP contribution in [0.2, 0.25) is 0 Å². The van der Waals surface area contributed by atoms with Crippen LogP contribution < -0.4 is 4.90 Å². The second-order valence-electron chi connectivity index (χ2n) is 9.02. The van der Waals surface area contributed by atoms with Crippen molar-refractivity contribution in [3.63, 3.8) is 0 Å². The maximum atomic E-state index is 11.7. The summed E-state index contributed by atoms with van der Waals surface area (Å²) in [6.45, 7) is 13.9. The molecular weight excluding hydrogens is 394 g/mol. The van der Waals surface area contributed by atoms with Gasteiger partial charge in [0.15, 0.2) is 0 Å². The minimum Gasteiger partial charge on any atom is -0.347 e. The van der Waals surface area contributed by atoms with E-state index in [0.29, 0.717) is 16.7 Å². The van der Waals surface area contributed by atoms with Crippen LogP contribution in [0.4, 0.5) is 17.1 Å². The van der Waals surface area contributed by atoms with Crippen LogP contribution in [0.25, 0.3) is 0 Å². The number of fused-ring (bicyclic) bond motifs is 1. The van der Waals surface area contributed by atoms with E-state index < -0.39 is 10.8 Å². The van der Waals surface area contributed by atoms with Gasteiger partial charge in [0.25, 0.3) is 11.4 Å². The summed E-state index contributed by atoms with van der Waals surface area (Å²) in [6.07, 6.45) is 1.92. The lowest BCUT2D eigenvalue weighted by Crippen LogP contribution is -2.27. The van der Waals surface area contributed by atoms with Gasteiger partial charge < -0.3 is 4.90 Å². The Hall–Kier alpha value is -3.48. The lowest BCUT2D eigenvalue weighted by atomic mass is 9.74. The Morgan fingerprint density at radius 2 is 1.61 bits per heavy atom. The minimum atomic E-state index is -0.724. The first-order valence-corrected chi connectivity index (χ1v) is 9.99. The quantitative estimate of drug-likeness (QED) is 0.439. The third-order valence-electron chi connectivity index (χ3n) is 6.39. The van der Waals surface area contributed by atoms with Crippen LogP contribution in [0.1, 0.15) is 44.4 Å². The largest absolute Gasteiger partial charge is 0.347 e. The maximum Gasteiger partial charge on any atom is 0.275 e. The Bertz CT molecular complexity index is 1150. The number of rotatable bonds is 5. The number of nitro groups is 2. The van der Waals surface area contributed by atoms with E-state index in [1.165, 1.54) is 12.1 Å². The van der Waals surface area contributed by atoms with E-state index in [9.17, 15) is 20.2 Å². The number of hydrogen-bond donors (Lipinski definition) is 0. The molecule has 0 unspecified atom stereocenters. The van der Waals surface area contributed by atoms with E-state index in [0.717, 1.165) is 16.9 Å². The van der Waals surface area contributed by atoms with Gasteiger partial charge >= 0.3 is 0 Å². The zero-order valence-corrected chi connectivity index (χ0v) is 18.7. The highest BCUT2D eigenvalue weighted by molar-refractivity contribution is 5.76. The number of nitro benzene ring substituents is 2. The van der Waals surface area contributed by atoms with Gasteiger partial charge in [-0.2, -0.15) is 0 Å². The molecule has 0 N–H and O–H groups in total. The molecule has 0 atom stereocenters. The van der Waals surface area contributed by atoms with Crippen molar-refractivity contribution in [2.24, 2.45) is 0 Å². The van der Waals surface area contributed by atoms with Gasteiger partial charge in [-0.1, -0.05) is 38.6 Å². The first kappa shape index (κ1) is 22.2. The van der Waals surface area contributed by atoms with Gasteiger partial charge in [0.1, 0.15) is 0 Å². The average molecular weight is 421 g/mol. The maximum absolute atomic E-state index is 11.7. The molecule has 31 heavy (non-hydrogen) atoms. The van der Waals surface area contributed by atoms with Gasteiger partial charge in [-0.05, 0) is 44.1 Å². The van der Waals surface area contributed by atoms with Crippen LogP contribution in [0, 0.1) is 27.2 Å². The molecule has 1 heterocycles. The van der Waals surface area contributed by atoms with E-state index in [1.54, 1.807) is 12.1 Å². The molecular formula is C24H27N3O4. The van der Waals surface area contributed by atoms with E-state index in [1.807, 2.05) is 64.8 Å². The Morgan fingerprint density at radius 3 is 2.19 bits per heavy atom. The minimum absolute atomic E-state index is 0.0579. The molecule has 1 aliphatic heterocycles. The zero-order chi connectivity index (χ0) is 23.3. The first-order chi connectivity index (χ1) is 14.3. The summed E-state index contributed by atoms with van der Waals surface area (Å²) >= 11 is 0. The molecule has 0 amide bonds. The normalized spacial score (nSPS) is 16.3. The van der Waals surface area contributed by atoms with E-state index in [4.69, 9.17) is 0 Å². The summed E-state index contributed by atoms with van der Waals surface area (Å²) in [4.78, 5) is 24.6. The van der Waals surface area contributed by atoms with Gasteiger partial charge in [-0.15, -0.1) is 0 Å². The molecule has 2 aromatic carbocycles. The van der Waals surface area contributed by atoms with Crippen LogP contribution in [0.5, 0.6) is 0 Å². The SMILES string of the molecule is C=C(/C=C1/N(C)c2cccc([N+](=O)[O-])c2C1(C)C)C(C)(C)c1c(C)cccc1[N+](=O)[O-]. The summed E-state index contributed by atoms with van der Waals surface area (Å²) in [7, 11) is 1.87. The van der Waals surface area contributed by atoms with Gasteiger partial charge in [0.2, 0.25) is 0 Å². The van der Waals surface area contributed by atoms with E-state index in [-0.39, 0.29) is 21.2 Å². The van der Waals surface area contributed by atoms with Gasteiger partial charge in [-0.25, -0.2) is 0 Å². The van der Waals surface area contributed by atoms with Crippen molar-refractivity contribution in [1.29, 1.82) is 0 Å². The second-order valence-corrected chi connectivity index (χ2v) is 9.02. The van der Waals surface area contributed by atoms with Crippen LogP contribution in [-0.4, -0.2) is 16.9 Å². The molecule has 0 bridgehead atoms. The topological polar surface area (TPSA) is 89.5 Å². The summed E-state index contributed by atoms with van der Waals surface area (Å²) in [5.74, 6) is 0. The Morgan fingerprint density at radius 1 is 1.06 bits per heavy atom. The molecule has 162 valence electrons. The Kier molecular flexibility index (Phi) is 5.26. The number of nitrogens with zero attached hydrogens (tertiary/aromatic N) is 3. The van der Waals surface area contributed by atoms with Crippen LogP contribution in [-0.2, 0) is 10.8 Å². The fraction of sp³-hybridized carbons (Fsp3) is 0.333. The van der Waals surface area contributed by atoms with Crippen molar-refractivity contribution in [3.05, 3.63) is 97.2 Å². The van der Waals surface area contributed by atoms with Crippen molar-refractivity contribution in [3.8, 4) is 0 Å². The summed E-state index contributed by atoms with van der Waals surface area (Å²) in [5.41, 5.74) is 3.18. The highest BCUT2D eigenvalue weighted by Gasteiger charge is 2.44. The lowest BCUT2D eigenvalue weighted by molar-refractivity contribution is -0.386. The predicted octanol–water partition coefficient (Wildman–Crippen LogP) is 5.96. The third kappa shape index (κ3) is 3.40. The van der Waals surface area contributed by atoms with Crippen LogP contribution in [0.3, 0.4) is 0 Å². The monoisotopic (exact) mass is 421 g/mol. The van der Waals surface area contributed by atoms with Crippen molar-refractivity contribution >= 4 is 17.1 Å². The lowest BCUT2D eigenvalue weighted by Gasteiger charge is -2.30. The van der Waals surface area contributed by atoms with Crippen LogP contribution in [0.15, 0.2) is 60.3 Å². The van der Waals surface area contributed by atoms with E-state index >= 15 is 0 Å². The molecule has 0 radical (unpaired) electrons. The third-order valence-corrected chi connectivity index (χ3v) is 6.39. The van der Waals surface area contributed by atoms with Crippen molar-refractivity contribution in [1.82, 2.24) is 0 Å². The second kappa shape index (κ2) is 7.34. The fourth-order valence-electron chi connectivity index (χ4n) is 4.68. The number of benzene rings is 2. The Labute approximate surface area is 182 Å². The standard InChI is InChI=1S/C24H27N3O4/c1-15-10-8-12-18(26(28)29)21(15)23(3,4)16(2)14-20-24(5,6)22-17(25(20)7)11-9-13-19(22)27(30)31/h8-14H,2H2,1,3-7H3/b20-14+. The number of hydrogen-bond acceptors (Lipinski definition) is 5. The van der Waals surface area contributed by atoms with E-state index in [2.05, 4.69) is 6.58 Å². The van der Waals surface area contributed by atoms with Gasteiger partial charge in [0, 0.05) is 41.3 Å². The zero-order valence-electron chi connectivity index (χ0n) is 18.7. The molecule has 3 rings (SSSR count). The number of likely N-dealkylation sites (N-methyl/N-ethyl adjacent to an activating group) is 1. The number of anilines is 1.